The lowest BCUT2D eigenvalue weighted by atomic mass is 9.88. The lowest BCUT2D eigenvalue weighted by Crippen LogP contribution is -2.70. The number of aliphatic hydroxyl groups excluding tert-OH is 12. The number of benzene rings is 2. The highest BCUT2D eigenvalue weighted by molar-refractivity contribution is 5.98. The number of carbonyl (C=O) groups is 8. The molecule has 6 aliphatic heterocycles. The van der Waals surface area contributed by atoms with Crippen LogP contribution in [-0.4, -0.2) is 318 Å². The monoisotopic (exact) mass is 1430 g/mol. The zero-order chi connectivity index (χ0) is 73.8. The third-order valence-electron chi connectivity index (χ3n) is 17.8. The fraction of sp³-hybridized carbons (Fsp3) is 0.645. The number of hydrogen-bond acceptors (Lipinski definition) is 33. The number of aliphatic hydroxyl groups is 12. The number of guanidine groups is 2. The predicted octanol–water partition coefficient (Wildman–Crippen LogP) is -11.1. The number of esters is 2. The maximum absolute atomic E-state index is 15.3. The first kappa shape index (κ1) is 78.6. The van der Waals surface area contributed by atoms with Crippen molar-refractivity contribution in [3.05, 3.63) is 65.7 Å². The van der Waals surface area contributed by atoms with Crippen molar-refractivity contribution >= 4 is 59.3 Å². The molecule has 0 bridgehead atoms. The lowest BCUT2D eigenvalue weighted by molar-refractivity contribution is -0.353. The summed E-state index contributed by atoms with van der Waals surface area (Å²) in [5.74, 6) is -10.8. The van der Waals surface area contributed by atoms with Gasteiger partial charge in [-0.2, -0.15) is 0 Å². The molecule has 2 aromatic rings. The van der Waals surface area contributed by atoms with Gasteiger partial charge in [-0.3, -0.25) is 48.3 Å². The second kappa shape index (κ2) is 35.2. The summed E-state index contributed by atoms with van der Waals surface area (Å²) in [7, 11) is 0. The van der Waals surface area contributed by atoms with Crippen molar-refractivity contribution in [1.29, 1.82) is 0 Å². The van der Waals surface area contributed by atoms with Crippen molar-refractivity contribution in [2.45, 2.75) is 199 Å². The van der Waals surface area contributed by atoms with Crippen LogP contribution in [-0.2, 0) is 73.2 Å². The fourth-order valence-corrected chi connectivity index (χ4v) is 12.4. The van der Waals surface area contributed by atoms with Crippen LogP contribution in [0.1, 0.15) is 57.6 Å². The summed E-state index contributed by atoms with van der Waals surface area (Å²) < 4.78 is 39.6. The molecule has 8 rings (SSSR count). The van der Waals surface area contributed by atoms with Gasteiger partial charge in [-0.1, -0.05) is 63.2 Å². The van der Waals surface area contributed by atoms with E-state index in [4.69, 9.17) is 44.6 Å². The number of nitrogens with two attached hydrogens (primary N) is 2. The smallest absolute Gasteiger partial charge is 0.306 e. The van der Waals surface area contributed by atoms with E-state index in [1.54, 1.807) is 51.1 Å². The van der Waals surface area contributed by atoms with E-state index in [1.165, 1.54) is 24.3 Å². The summed E-state index contributed by atoms with van der Waals surface area (Å²) in [6.45, 7) is 0.792. The Morgan fingerprint density at radius 1 is 0.634 bits per heavy atom. The van der Waals surface area contributed by atoms with Crippen LogP contribution in [0, 0.1) is 5.92 Å². The van der Waals surface area contributed by atoms with E-state index < -0.39 is 252 Å². The van der Waals surface area contributed by atoms with E-state index in [1.807, 2.05) is 0 Å². The van der Waals surface area contributed by atoms with Crippen LogP contribution in [0.25, 0.3) is 0 Å². The lowest BCUT2D eigenvalue weighted by Gasteiger charge is -2.46. The second-order valence-corrected chi connectivity index (χ2v) is 25.5. The number of amides is 6. The van der Waals surface area contributed by atoms with Gasteiger partial charge in [0, 0.05) is 25.7 Å². The van der Waals surface area contributed by atoms with E-state index >= 15 is 14.4 Å². The Morgan fingerprint density at radius 2 is 1.27 bits per heavy atom. The molecule has 6 amide bonds. The molecule has 101 heavy (non-hydrogen) atoms. The number of carbonyl (C=O) groups excluding carboxylic acids is 8. The molecule has 560 valence electrons. The van der Waals surface area contributed by atoms with Gasteiger partial charge < -0.3 is 148 Å². The first-order chi connectivity index (χ1) is 48.0. The normalized spacial score (nSPS) is 34.9. The largest absolute Gasteiger partial charge is 0.463 e. The van der Waals surface area contributed by atoms with Gasteiger partial charge in [-0.05, 0) is 35.6 Å². The Hall–Kier alpha value is -8.10. The van der Waals surface area contributed by atoms with Gasteiger partial charge in [0.1, 0.15) is 122 Å². The number of hydrogen-bond donors (Lipinski definition) is 21. The van der Waals surface area contributed by atoms with Gasteiger partial charge in [0.25, 0.3) is 0 Å². The van der Waals surface area contributed by atoms with Crippen LogP contribution in [0.3, 0.4) is 0 Å². The van der Waals surface area contributed by atoms with Crippen LogP contribution in [0.5, 0.6) is 5.75 Å². The SMILES string of the molecule is CCC(c1ccccc1)C1NC(=O)CNC(=O)C(CO)NC(=O)C(C(O)C2CN=C(N)N2C2OC(CO)C(O)C(O)C2O)NC(=O)C(C(O)C2CN=C(N)N2)NC(=O)C(Cc2ccc(OC3OC(CO)C(OC4OC(COC(C)=O)C(O)C(OC(=O)CC(C)C)C4O)C(O)C3O)cc2)NC1=O. The average Bonchev–Trinajstić information content (AvgIpc) is 1.57. The summed E-state index contributed by atoms with van der Waals surface area (Å²) in [5, 5.41) is 151. The molecule has 0 saturated carbocycles. The van der Waals surface area contributed by atoms with Gasteiger partial charge in [-0.25, -0.2) is 0 Å². The van der Waals surface area contributed by atoms with E-state index in [-0.39, 0.29) is 42.6 Å². The molecule has 4 saturated heterocycles. The molecule has 6 aliphatic rings. The number of ether oxygens (including phenoxy) is 7. The molecule has 4 fully saturated rings. The van der Waals surface area contributed by atoms with E-state index in [0.29, 0.717) is 5.56 Å². The van der Waals surface area contributed by atoms with Gasteiger partial charge in [-0.15, -0.1) is 0 Å². The van der Waals surface area contributed by atoms with Crippen LogP contribution >= 0.6 is 0 Å². The number of nitrogens with one attached hydrogen (secondary N) is 7. The summed E-state index contributed by atoms with van der Waals surface area (Å²) in [4.78, 5) is 121. The Morgan fingerprint density at radius 3 is 1.89 bits per heavy atom. The molecule has 6 heterocycles. The highest BCUT2D eigenvalue weighted by Gasteiger charge is 2.55. The minimum atomic E-state index is -2.36. The Kier molecular flexibility index (Phi) is 27.4. The Balaban J connectivity index is 1.10. The maximum atomic E-state index is 15.3. The highest BCUT2D eigenvalue weighted by atomic mass is 16.7. The standard InChI is InChI=1S/C62H90N12O27/c1-5-29(27-9-7-6-8-10-27)39-55(92)68-30(16-26-11-13-28(14-12-26)96-59-49(88)47(86)51(35(22-77)98-59)101-60-50(89)52(100-38(80)15-24(2)3)45(84)36(99-60)23-95-25(4)78)54(91)72-40(42(81)31-17-66-61(63)70-31)57(94)73-41(56(93)69-32(20-75)53(90)65-19-37(79)71-39)43(82)33-18-67-62(64)74(33)58-48(87)46(85)44(83)34(21-76)97-58/h6-14,24,29-36,39-52,58-60,75-77,81-89H,5,15-23H2,1-4H3,(H2,64,67)(H,65,90)(H,68,92)(H,69,93)(H,71,79)(H,72,91)(H,73,94)(H3,63,66,70). The van der Waals surface area contributed by atoms with Crippen molar-refractivity contribution in [3.8, 4) is 5.75 Å². The topological polar surface area (TPSA) is 608 Å². The fourth-order valence-electron chi connectivity index (χ4n) is 12.4. The molecule has 0 radical (unpaired) electrons. The zero-order valence-electron chi connectivity index (χ0n) is 55.3. The third-order valence-corrected chi connectivity index (χ3v) is 17.8. The zero-order valence-corrected chi connectivity index (χ0v) is 55.3. The number of rotatable bonds is 22. The van der Waals surface area contributed by atoms with Gasteiger partial charge >= 0.3 is 11.9 Å². The average molecular weight is 1440 g/mol. The van der Waals surface area contributed by atoms with E-state index in [2.05, 4.69) is 47.2 Å². The first-order valence-electron chi connectivity index (χ1n) is 32.6. The Labute approximate surface area is 576 Å². The van der Waals surface area contributed by atoms with Crippen molar-refractivity contribution in [1.82, 2.24) is 42.1 Å². The third kappa shape index (κ3) is 19.0. The van der Waals surface area contributed by atoms with Crippen molar-refractivity contribution in [2.24, 2.45) is 27.4 Å². The molecule has 23 N–H and O–H groups in total. The first-order valence-corrected chi connectivity index (χ1v) is 32.6. The summed E-state index contributed by atoms with van der Waals surface area (Å²) in [5.41, 5.74) is 12.9. The molecule has 0 spiro atoms. The molecule has 2 aromatic carbocycles. The molecular formula is C62H90N12O27. The summed E-state index contributed by atoms with van der Waals surface area (Å²) >= 11 is 0. The number of nitrogens with zero attached hydrogens (tertiary/aromatic N) is 3. The molecule has 39 heteroatoms. The molecule has 0 aromatic heterocycles. The van der Waals surface area contributed by atoms with Gasteiger partial charge in [0.05, 0.1) is 51.5 Å². The summed E-state index contributed by atoms with van der Waals surface area (Å²) in [6, 6.07) is 0.805. The molecule has 0 aliphatic carbocycles. The molecular weight excluding hydrogens is 1340 g/mol. The van der Waals surface area contributed by atoms with Crippen LogP contribution < -0.4 is 53.4 Å². The highest BCUT2D eigenvalue weighted by Crippen LogP contribution is 2.34. The minimum absolute atomic E-state index is 0.0955. The summed E-state index contributed by atoms with van der Waals surface area (Å²) in [6.07, 6.45) is -32.1. The quantitative estimate of drug-likeness (QED) is 0.0487. The number of aliphatic imine (C=N–C) groups is 2. The van der Waals surface area contributed by atoms with Crippen molar-refractivity contribution in [2.75, 3.05) is 46.1 Å². The van der Waals surface area contributed by atoms with Crippen LogP contribution in [0.4, 0.5) is 0 Å². The second-order valence-electron chi connectivity index (χ2n) is 25.5. The predicted molar refractivity (Wildman–Crippen MR) is 341 cm³/mol. The Bertz CT molecular complexity index is 3250. The maximum Gasteiger partial charge on any atom is 0.306 e. The van der Waals surface area contributed by atoms with Crippen LogP contribution in [0.2, 0.25) is 0 Å². The van der Waals surface area contributed by atoms with Gasteiger partial charge in [0.15, 0.2) is 30.5 Å². The molecule has 25 atom stereocenters. The minimum Gasteiger partial charge on any atom is -0.463 e. The van der Waals surface area contributed by atoms with E-state index in [9.17, 15) is 85.3 Å². The van der Waals surface area contributed by atoms with Crippen molar-refractivity contribution < 1.29 is 133 Å². The van der Waals surface area contributed by atoms with E-state index in [0.717, 1.165) is 11.8 Å². The van der Waals surface area contributed by atoms with Crippen LogP contribution in [0.15, 0.2) is 64.6 Å². The molecule has 39 nitrogen and oxygen atoms in total. The van der Waals surface area contributed by atoms with Crippen molar-refractivity contribution in [3.63, 3.8) is 0 Å². The molecule has 25 unspecified atom stereocenters. The van der Waals surface area contributed by atoms with Gasteiger partial charge in [0.2, 0.25) is 41.7 Å².